The molecule has 38 valence electrons. The molecule has 0 aromatic rings. The molecule has 0 rings (SSSR count). The molecule has 0 aliphatic heterocycles. The maximum atomic E-state index is 9.13. The highest BCUT2D eigenvalue weighted by molar-refractivity contribution is 9.09. The fraction of sp³-hybridized carbons (Fsp3) is 0.667. The van der Waals surface area contributed by atoms with Gasteiger partial charge in [0.2, 0.25) is 0 Å². The smallest absolute Gasteiger partial charge is 0.130 e. The van der Waals surface area contributed by atoms with Gasteiger partial charge >= 0.3 is 0 Å². The second-order valence-electron chi connectivity index (χ2n) is 0.321. The first-order valence-electron chi connectivity index (χ1n) is 1.36. The topological polar surface area (TPSA) is 37.3 Å². The lowest BCUT2D eigenvalue weighted by Crippen LogP contribution is -1.61. The van der Waals surface area contributed by atoms with Crippen LogP contribution in [0.5, 0.6) is 0 Å². The molecule has 0 fully saturated rings. The summed E-state index contributed by atoms with van der Waals surface area (Å²) in [7, 11) is 1.00. The fourth-order valence-electron chi connectivity index (χ4n) is 0. The van der Waals surface area contributed by atoms with Gasteiger partial charge < -0.3 is 9.90 Å². The van der Waals surface area contributed by atoms with Crippen LogP contribution in [0.4, 0.5) is 0 Å². The molecule has 3 heteroatoms. The second-order valence-corrected chi connectivity index (χ2v) is 0.968. The highest BCUT2D eigenvalue weighted by Gasteiger charge is 1.55. The molecule has 0 aromatic heterocycles. The average Bonchev–Trinajstić information content (AvgIpc) is 1.72. The Morgan fingerprint density at radius 2 is 2.00 bits per heavy atom. The van der Waals surface area contributed by atoms with Crippen LogP contribution >= 0.6 is 15.9 Å². The molecule has 0 aromatic carbocycles. The lowest BCUT2D eigenvalue weighted by molar-refractivity contribution is -0.105. The Kier molecular flexibility index (Phi) is 30.5. The first-order valence-corrected chi connectivity index (χ1v) is 2.48. The van der Waals surface area contributed by atoms with E-state index in [1.165, 1.54) is 0 Å². The van der Waals surface area contributed by atoms with Crippen LogP contribution in [-0.4, -0.2) is 23.8 Å². The standard InChI is InChI=1S/C2H3BrO.CH4O/c3-1-2-4;1-2/h2H,1H2;2H,1H3. The van der Waals surface area contributed by atoms with Crippen molar-refractivity contribution in [3.63, 3.8) is 0 Å². The van der Waals surface area contributed by atoms with Crippen LogP contribution in [0.2, 0.25) is 0 Å². The highest BCUT2D eigenvalue weighted by atomic mass is 79.9. The molecule has 0 amide bonds. The number of carbonyl (C=O) groups excluding carboxylic acids is 1. The van der Waals surface area contributed by atoms with Crippen molar-refractivity contribution in [3.05, 3.63) is 0 Å². The van der Waals surface area contributed by atoms with Crippen molar-refractivity contribution in [2.24, 2.45) is 0 Å². The predicted molar refractivity (Wildman–Crippen MR) is 28.0 cm³/mol. The van der Waals surface area contributed by atoms with Gasteiger partial charge in [-0.25, -0.2) is 0 Å². The largest absolute Gasteiger partial charge is 0.400 e. The Balaban J connectivity index is 0. The van der Waals surface area contributed by atoms with E-state index in [1.54, 1.807) is 0 Å². The number of halogens is 1. The Morgan fingerprint density at radius 3 is 2.00 bits per heavy atom. The van der Waals surface area contributed by atoms with E-state index >= 15 is 0 Å². The number of rotatable bonds is 1. The molecule has 1 N–H and O–H groups in total. The maximum absolute atomic E-state index is 9.13. The van der Waals surface area contributed by atoms with Crippen molar-refractivity contribution in [2.75, 3.05) is 12.4 Å². The molecule has 6 heavy (non-hydrogen) atoms. The normalized spacial score (nSPS) is 5.17. The van der Waals surface area contributed by atoms with Gasteiger partial charge in [-0.1, -0.05) is 15.9 Å². The summed E-state index contributed by atoms with van der Waals surface area (Å²) in [6, 6.07) is 0. The Bertz CT molecular complexity index is 22.8. The van der Waals surface area contributed by atoms with Crippen molar-refractivity contribution in [1.29, 1.82) is 0 Å². The molecular weight excluding hydrogens is 148 g/mol. The zero-order chi connectivity index (χ0) is 5.41. The summed E-state index contributed by atoms with van der Waals surface area (Å²) in [5, 5.41) is 7.45. The van der Waals surface area contributed by atoms with Crippen LogP contribution in [-0.2, 0) is 4.79 Å². The Hall–Kier alpha value is 0.110. The SMILES string of the molecule is CO.O=CCBr. The molecule has 0 heterocycles. The van der Waals surface area contributed by atoms with Crippen molar-refractivity contribution >= 4 is 22.2 Å². The van der Waals surface area contributed by atoms with Crippen LogP contribution in [0.3, 0.4) is 0 Å². The van der Waals surface area contributed by atoms with Gasteiger partial charge in [0.1, 0.15) is 6.29 Å². The minimum Gasteiger partial charge on any atom is -0.400 e. The number of hydrogen-bond donors (Lipinski definition) is 1. The molecule has 0 saturated heterocycles. The number of aliphatic hydroxyl groups excluding tert-OH is 1. The van der Waals surface area contributed by atoms with Gasteiger partial charge in [-0.05, 0) is 0 Å². The third-order valence-corrected chi connectivity index (χ3v) is 0.327. The molecule has 0 aliphatic carbocycles. The summed E-state index contributed by atoms with van der Waals surface area (Å²) in [4.78, 5) is 9.13. The number of carbonyl (C=O) groups is 1. The number of aliphatic hydroxyl groups is 1. The molecule has 0 spiro atoms. The van der Waals surface area contributed by atoms with E-state index in [0.717, 1.165) is 13.4 Å². The van der Waals surface area contributed by atoms with Crippen LogP contribution in [0.25, 0.3) is 0 Å². The van der Waals surface area contributed by atoms with Crippen molar-refractivity contribution < 1.29 is 9.90 Å². The van der Waals surface area contributed by atoms with E-state index in [9.17, 15) is 0 Å². The molecule has 0 bridgehead atoms. The third-order valence-electron chi connectivity index (χ3n) is 0.0630. The summed E-state index contributed by atoms with van der Waals surface area (Å²) in [5.74, 6) is 0. The quantitative estimate of drug-likeness (QED) is 0.433. The van der Waals surface area contributed by atoms with Gasteiger partial charge in [-0.15, -0.1) is 0 Å². The molecule has 2 nitrogen and oxygen atoms in total. The highest BCUT2D eigenvalue weighted by Crippen LogP contribution is 1.65. The van der Waals surface area contributed by atoms with Crippen molar-refractivity contribution in [1.82, 2.24) is 0 Å². The minimum absolute atomic E-state index is 0.451. The molecular formula is C3H7BrO2. The number of alkyl halides is 1. The summed E-state index contributed by atoms with van der Waals surface area (Å²) in [6.45, 7) is 0. The maximum Gasteiger partial charge on any atom is 0.130 e. The first kappa shape index (κ1) is 9.44. The zero-order valence-corrected chi connectivity index (χ0v) is 5.10. The monoisotopic (exact) mass is 154 g/mol. The first-order chi connectivity index (χ1) is 2.91. The van der Waals surface area contributed by atoms with Crippen LogP contribution < -0.4 is 0 Å². The fourth-order valence-corrected chi connectivity index (χ4v) is 0. The van der Waals surface area contributed by atoms with Gasteiger partial charge in [0.15, 0.2) is 0 Å². The Morgan fingerprint density at radius 1 is 1.83 bits per heavy atom. The van der Waals surface area contributed by atoms with Gasteiger partial charge in [-0.3, -0.25) is 0 Å². The minimum atomic E-state index is 0.451. The van der Waals surface area contributed by atoms with Crippen LogP contribution in [0, 0.1) is 0 Å². The lowest BCUT2D eigenvalue weighted by atomic mass is 11.0. The lowest BCUT2D eigenvalue weighted by Gasteiger charge is -1.49. The molecule has 0 saturated carbocycles. The van der Waals surface area contributed by atoms with Crippen molar-refractivity contribution in [2.45, 2.75) is 0 Å². The van der Waals surface area contributed by atoms with Gasteiger partial charge in [0, 0.05) is 7.11 Å². The number of hydrogen-bond acceptors (Lipinski definition) is 2. The summed E-state index contributed by atoms with van der Waals surface area (Å²) in [5.41, 5.74) is 0. The third kappa shape index (κ3) is 32.3. The van der Waals surface area contributed by atoms with Gasteiger partial charge in [-0.2, -0.15) is 0 Å². The van der Waals surface area contributed by atoms with E-state index in [1.807, 2.05) is 0 Å². The second kappa shape index (κ2) is 19.4. The van der Waals surface area contributed by atoms with E-state index in [0.29, 0.717) is 5.33 Å². The summed E-state index contributed by atoms with van der Waals surface area (Å²) < 4.78 is 0. The zero-order valence-electron chi connectivity index (χ0n) is 3.52. The Labute approximate surface area is 45.3 Å². The van der Waals surface area contributed by atoms with E-state index in [4.69, 9.17) is 9.90 Å². The van der Waals surface area contributed by atoms with Crippen LogP contribution in [0.1, 0.15) is 0 Å². The molecule has 0 atom stereocenters. The average molecular weight is 155 g/mol. The molecule has 0 aliphatic rings. The summed E-state index contributed by atoms with van der Waals surface area (Å²) in [6.07, 6.45) is 0.792. The van der Waals surface area contributed by atoms with E-state index in [2.05, 4.69) is 15.9 Å². The summed E-state index contributed by atoms with van der Waals surface area (Å²) >= 11 is 2.88. The predicted octanol–water partition coefficient (Wildman–Crippen LogP) is 0.189. The number of aldehydes is 1. The van der Waals surface area contributed by atoms with Gasteiger partial charge in [0.25, 0.3) is 0 Å². The molecule has 0 radical (unpaired) electrons. The molecule has 0 unspecified atom stereocenters. The van der Waals surface area contributed by atoms with E-state index in [-0.39, 0.29) is 0 Å². The van der Waals surface area contributed by atoms with Crippen LogP contribution in [0.15, 0.2) is 0 Å². The van der Waals surface area contributed by atoms with E-state index < -0.39 is 0 Å². The van der Waals surface area contributed by atoms with Gasteiger partial charge in [0.05, 0.1) is 5.33 Å². The van der Waals surface area contributed by atoms with Crippen molar-refractivity contribution in [3.8, 4) is 0 Å².